The molecule has 0 aliphatic carbocycles. The second-order valence-corrected chi connectivity index (χ2v) is 6.29. The topological polar surface area (TPSA) is 3.24 Å². The summed E-state index contributed by atoms with van der Waals surface area (Å²) in [5.41, 5.74) is 0. The highest BCUT2D eigenvalue weighted by Gasteiger charge is 2.02. The van der Waals surface area contributed by atoms with Gasteiger partial charge in [0, 0.05) is 16.8 Å². The third kappa shape index (κ3) is 5.91. The number of hydrogen-bond donors (Lipinski definition) is 0. The molecule has 4 heteroatoms. The first-order chi connectivity index (χ1) is 7.22. The maximum atomic E-state index is 5.88. The molecule has 0 fully saturated rings. The summed E-state index contributed by atoms with van der Waals surface area (Å²) in [5.74, 6) is 0. The standard InChI is InChI=1S/C11H17BrClNS/c1-14(8-4-2-3-7-12)9-10-5-6-11(13)15-10/h5-6H,2-4,7-9H2,1H3. The number of alkyl halides is 1. The minimum atomic E-state index is 0.887. The van der Waals surface area contributed by atoms with Gasteiger partial charge >= 0.3 is 0 Å². The van der Waals surface area contributed by atoms with Crippen molar-refractivity contribution >= 4 is 38.9 Å². The van der Waals surface area contributed by atoms with Gasteiger partial charge in [-0.1, -0.05) is 34.0 Å². The SMILES string of the molecule is CN(CCCCCBr)Cc1ccc(Cl)s1. The Morgan fingerprint density at radius 1 is 1.33 bits per heavy atom. The van der Waals surface area contributed by atoms with Crippen LogP contribution in [0.2, 0.25) is 4.34 Å². The molecule has 0 atom stereocenters. The fourth-order valence-corrected chi connectivity index (χ4v) is 3.00. The number of rotatable bonds is 7. The molecule has 86 valence electrons. The highest BCUT2D eigenvalue weighted by Crippen LogP contribution is 2.22. The van der Waals surface area contributed by atoms with Crippen molar-refractivity contribution in [1.29, 1.82) is 0 Å². The summed E-state index contributed by atoms with van der Waals surface area (Å²) in [4.78, 5) is 3.71. The Morgan fingerprint density at radius 3 is 2.73 bits per heavy atom. The molecule has 0 saturated heterocycles. The Bertz CT molecular complexity index is 277. The summed E-state index contributed by atoms with van der Waals surface area (Å²) >= 11 is 11.0. The van der Waals surface area contributed by atoms with Crippen LogP contribution in [0.5, 0.6) is 0 Å². The normalized spacial score (nSPS) is 11.2. The lowest BCUT2D eigenvalue weighted by Crippen LogP contribution is -2.18. The van der Waals surface area contributed by atoms with E-state index in [0.29, 0.717) is 0 Å². The molecule has 0 aliphatic heterocycles. The van der Waals surface area contributed by atoms with Crippen LogP contribution in [0.4, 0.5) is 0 Å². The van der Waals surface area contributed by atoms with Crippen molar-refractivity contribution in [3.8, 4) is 0 Å². The van der Waals surface area contributed by atoms with Crippen molar-refractivity contribution in [2.45, 2.75) is 25.8 Å². The first-order valence-electron chi connectivity index (χ1n) is 5.21. The average molecular weight is 311 g/mol. The molecule has 1 rings (SSSR count). The predicted molar refractivity (Wildman–Crippen MR) is 73.3 cm³/mol. The summed E-state index contributed by atoms with van der Waals surface area (Å²) in [6.07, 6.45) is 3.86. The van der Waals surface area contributed by atoms with E-state index in [1.54, 1.807) is 11.3 Å². The van der Waals surface area contributed by atoms with E-state index in [9.17, 15) is 0 Å². The summed E-state index contributed by atoms with van der Waals surface area (Å²) < 4.78 is 0.887. The van der Waals surface area contributed by atoms with Gasteiger partial charge in [0.25, 0.3) is 0 Å². The Kier molecular flexibility index (Phi) is 6.89. The molecule has 1 aromatic rings. The van der Waals surface area contributed by atoms with Crippen LogP contribution in [0.15, 0.2) is 12.1 Å². The molecular formula is C11H17BrClNS. The van der Waals surface area contributed by atoms with Crippen molar-refractivity contribution in [1.82, 2.24) is 4.90 Å². The van der Waals surface area contributed by atoms with Gasteiger partial charge in [0.15, 0.2) is 0 Å². The van der Waals surface area contributed by atoms with Crippen molar-refractivity contribution in [3.63, 3.8) is 0 Å². The lowest BCUT2D eigenvalue weighted by molar-refractivity contribution is 0.321. The first kappa shape index (κ1) is 13.5. The number of hydrogen-bond acceptors (Lipinski definition) is 2. The lowest BCUT2D eigenvalue weighted by Gasteiger charge is -2.14. The third-order valence-electron chi connectivity index (χ3n) is 2.23. The summed E-state index contributed by atoms with van der Waals surface area (Å²) in [5, 5.41) is 1.12. The van der Waals surface area contributed by atoms with Crippen LogP contribution < -0.4 is 0 Å². The molecule has 1 aromatic heterocycles. The van der Waals surface area contributed by atoms with Crippen LogP contribution in [-0.2, 0) is 6.54 Å². The molecule has 0 aliphatic rings. The van der Waals surface area contributed by atoms with E-state index in [2.05, 4.69) is 33.9 Å². The van der Waals surface area contributed by atoms with E-state index in [1.165, 1.54) is 30.7 Å². The molecular weight excluding hydrogens is 294 g/mol. The van der Waals surface area contributed by atoms with Gasteiger partial charge in [-0.15, -0.1) is 11.3 Å². The van der Waals surface area contributed by atoms with Crippen molar-refractivity contribution in [2.75, 3.05) is 18.9 Å². The van der Waals surface area contributed by atoms with E-state index >= 15 is 0 Å². The highest BCUT2D eigenvalue weighted by atomic mass is 79.9. The van der Waals surface area contributed by atoms with Gasteiger partial charge < -0.3 is 4.90 Å². The van der Waals surface area contributed by atoms with Gasteiger partial charge in [-0.05, 0) is 38.6 Å². The maximum Gasteiger partial charge on any atom is 0.0931 e. The second-order valence-electron chi connectivity index (χ2n) is 3.69. The zero-order valence-electron chi connectivity index (χ0n) is 9.01. The van der Waals surface area contributed by atoms with Crippen LogP contribution in [0.3, 0.4) is 0 Å². The van der Waals surface area contributed by atoms with E-state index in [4.69, 9.17) is 11.6 Å². The Balaban J connectivity index is 2.15. The van der Waals surface area contributed by atoms with Crippen LogP contribution in [-0.4, -0.2) is 23.8 Å². The van der Waals surface area contributed by atoms with Gasteiger partial charge in [0.2, 0.25) is 0 Å². The smallest absolute Gasteiger partial charge is 0.0931 e. The monoisotopic (exact) mass is 309 g/mol. The molecule has 0 bridgehead atoms. The Labute approximate surface area is 110 Å². The number of halogens is 2. The first-order valence-corrected chi connectivity index (χ1v) is 7.52. The molecule has 0 amide bonds. The van der Waals surface area contributed by atoms with Gasteiger partial charge in [-0.3, -0.25) is 0 Å². The van der Waals surface area contributed by atoms with E-state index in [1.807, 2.05) is 6.07 Å². The zero-order valence-corrected chi connectivity index (χ0v) is 12.2. The molecule has 0 aromatic carbocycles. The fraction of sp³-hybridized carbons (Fsp3) is 0.636. The number of thiophene rings is 1. The zero-order chi connectivity index (χ0) is 11.1. The molecule has 15 heavy (non-hydrogen) atoms. The molecule has 0 unspecified atom stereocenters. The van der Waals surface area contributed by atoms with Crippen LogP contribution in [0, 0.1) is 0 Å². The third-order valence-corrected chi connectivity index (χ3v) is 4.00. The molecule has 0 saturated carbocycles. The van der Waals surface area contributed by atoms with Crippen LogP contribution >= 0.6 is 38.9 Å². The fourth-order valence-electron chi connectivity index (χ4n) is 1.43. The Morgan fingerprint density at radius 2 is 2.13 bits per heavy atom. The van der Waals surface area contributed by atoms with Gasteiger partial charge in [-0.25, -0.2) is 0 Å². The second kappa shape index (κ2) is 7.66. The summed E-state index contributed by atoms with van der Waals surface area (Å²) in [6.45, 7) is 2.19. The molecule has 0 N–H and O–H groups in total. The van der Waals surface area contributed by atoms with Crippen LogP contribution in [0.1, 0.15) is 24.1 Å². The van der Waals surface area contributed by atoms with E-state index < -0.39 is 0 Å². The van der Waals surface area contributed by atoms with Gasteiger partial charge in [0.05, 0.1) is 4.34 Å². The van der Waals surface area contributed by atoms with Crippen molar-refractivity contribution in [3.05, 3.63) is 21.3 Å². The molecule has 0 spiro atoms. The minimum Gasteiger partial charge on any atom is -0.301 e. The maximum absolute atomic E-state index is 5.88. The van der Waals surface area contributed by atoms with Crippen molar-refractivity contribution in [2.24, 2.45) is 0 Å². The van der Waals surface area contributed by atoms with Crippen molar-refractivity contribution < 1.29 is 0 Å². The quantitative estimate of drug-likeness (QED) is 0.533. The highest BCUT2D eigenvalue weighted by molar-refractivity contribution is 9.09. The molecule has 0 radical (unpaired) electrons. The molecule has 1 heterocycles. The molecule has 1 nitrogen and oxygen atoms in total. The van der Waals surface area contributed by atoms with E-state index in [-0.39, 0.29) is 0 Å². The Hall–Kier alpha value is 0.430. The lowest BCUT2D eigenvalue weighted by atomic mass is 10.2. The van der Waals surface area contributed by atoms with E-state index in [0.717, 1.165) is 16.2 Å². The summed E-state index contributed by atoms with van der Waals surface area (Å²) in [6, 6.07) is 4.09. The summed E-state index contributed by atoms with van der Waals surface area (Å²) in [7, 11) is 2.17. The van der Waals surface area contributed by atoms with Crippen LogP contribution in [0.25, 0.3) is 0 Å². The predicted octanol–water partition coefficient (Wildman–Crippen LogP) is 4.40. The average Bonchev–Trinajstić information content (AvgIpc) is 2.59. The number of nitrogens with zero attached hydrogens (tertiary/aromatic N) is 1. The minimum absolute atomic E-state index is 0.887. The van der Waals surface area contributed by atoms with Gasteiger partial charge in [0.1, 0.15) is 0 Å². The number of unbranched alkanes of at least 4 members (excludes halogenated alkanes) is 2. The van der Waals surface area contributed by atoms with Gasteiger partial charge in [-0.2, -0.15) is 0 Å². The largest absolute Gasteiger partial charge is 0.301 e.